The number of carbonyl (C=O) groups is 1. The Morgan fingerprint density at radius 1 is 0.958 bits per heavy atom. The Labute approximate surface area is 140 Å². The fraction of sp³-hybridized carbons (Fsp3) is 0.150. The number of nitrogens with zero attached hydrogens (tertiary/aromatic N) is 1. The normalized spacial score (nSPS) is 10.6. The van der Waals surface area contributed by atoms with Gasteiger partial charge in [0.1, 0.15) is 11.5 Å². The lowest BCUT2D eigenvalue weighted by molar-refractivity contribution is 0.0588. The number of hydrogen-bond acceptors (Lipinski definition) is 2. The van der Waals surface area contributed by atoms with Crippen molar-refractivity contribution in [3.8, 4) is 0 Å². The number of rotatable bonds is 5. The van der Waals surface area contributed by atoms with Crippen molar-refractivity contribution < 1.29 is 13.9 Å². The quantitative estimate of drug-likeness (QED) is 0.663. The van der Waals surface area contributed by atoms with Crippen molar-refractivity contribution in [1.82, 2.24) is 4.57 Å². The van der Waals surface area contributed by atoms with Gasteiger partial charge in [-0.25, -0.2) is 9.18 Å². The Bertz CT molecular complexity index is 823. The van der Waals surface area contributed by atoms with Crippen LogP contribution in [0.15, 0.2) is 66.7 Å². The van der Waals surface area contributed by atoms with Crippen molar-refractivity contribution in [2.24, 2.45) is 0 Å². The van der Waals surface area contributed by atoms with Crippen molar-refractivity contribution >= 4 is 5.97 Å². The summed E-state index contributed by atoms with van der Waals surface area (Å²) in [7, 11) is 1.37. The van der Waals surface area contributed by atoms with E-state index in [-0.39, 0.29) is 11.8 Å². The van der Waals surface area contributed by atoms with Crippen LogP contribution in [-0.4, -0.2) is 17.6 Å². The van der Waals surface area contributed by atoms with Gasteiger partial charge in [0.25, 0.3) is 0 Å². The molecule has 0 aliphatic heterocycles. The second-order valence-electron chi connectivity index (χ2n) is 5.58. The number of aromatic nitrogens is 1. The maximum Gasteiger partial charge on any atom is 0.354 e. The van der Waals surface area contributed by atoms with E-state index in [1.165, 1.54) is 19.2 Å². The molecule has 0 saturated carbocycles. The SMILES string of the molecule is COC(=O)c1ccc(Cc2ccccc2)n1Cc1ccc(F)cc1. The number of hydrogen-bond donors (Lipinski definition) is 0. The van der Waals surface area contributed by atoms with E-state index in [9.17, 15) is 9.18 Å². The molecule has 122 valence electrons. The molecule has 0 bridgehead atoms. The van der Waals surface area contributed by atoms with E-state index in [0.717, 1.165) is 16.8 Å². The van der Waals surface area contributed by atoms with E-state index in [4.69, 9.17) is 4.74 Å². The molecular formula is C20H18FNO2. The zero-order valence-corrected chi connectivity index (χ0v) is 13.4. The average molecular weight is 323 g/mol. The Morgan fingerprint density at radius 2 is 1.67 bits per heavy atom. The maximum atomic E-state index is 13.1. The van der Waals surface area contributed by atoms with Crippen LogP contribution < -0.4 is 0 Å². The third-order valence-corrected chi connectivity index (χ3v) is 3.95. The summed E-state index contributed by atoms with van der Waals surface area (Å²) in [5.41, 5.74) is 3.58. The van der Waals surface area contributed by atoms with Gasteiger partial charge in [-0.1, -0.05) is 42.5 Å². The number of halogens is 1. The third kappa shape index (κ3) is 3.54. The number of esters is 1. The first-order valence-corrected chi connectivity index (χ1v) is 7.72. The second-order valence-corrected chi connectivity index (χ2v) is 5.58. The first kappa shape index (κ1) is 16.0. The fourth-order valence-corrected chi connectivity index (χ4v) is 2.71. The highest BCUT2D eigenvalue weighted by Gasteiger charge is 2.16. The molecule has 24 heavy (non-hydrogen) atoms. The largest absolute Gasteiger partial charge is 0.464 e. The molecule has 3 aromatic rings. The van der Waals surface area contributed by atoms with Crippen LogP contribution in [0.1, 0.15) is 27.3 Å². The predicted molar refractivity (Wildman–Crippen MR) is 90.5 cm³/mol. The van der Waals surface area contributed by atoms with E-state index in [1.54, 1.807) is 18.2 Å². The van der Waals surface area contributed by atoms with Crippen molar-refractivity contribution in [2.75, 3.05) is 7.11 Å². The van der Waals surface area contributed by atoms with Crippen molar-refractivity contribution in [3.63, 3.8) is 0 Å². The van der Waals surface area contributed by atoms with Gasteiger partial charge in [0.2, 0.25) is 0 Å². The molecule has 4 heteroatoms. The Balaban J connectivity index is 1.95. The van der Waals surface area contributed by atoms with Gasteiger partial charge in [-0.05, 0) is 35.4 Å². The summed E-state index contributed by atoms with van der Waals surface area (Å²) in [6.45, 7) is 0.486. The molecule has 0 radical (unpaired) electrons. The van der Waals surface area contributed by atoms with Crippen LogP contribution in [-0.2, 0) is 17.7 Å². The van der Waals surface area contributed by atoms with Crippen LogP contribution in [0, 0.1) is 5.82 Å². The van der Waals surface area contributed by atoms with Crippen LogP contribution in [0.25, 0.3) is 0 Å². The molecule has 0 atom stereocenters. The van der Waals surface area contributed by atoms with Gasteiger partial charge < -0.3 is 9.30 Å². The number of carbonyl (C=O) groups excluding carboxylic acids is 1. The van der Waals surface area contributed by atoms with E-state index >= 15 is 0 Å². The summed E-state index contributed by atoms with van der Waals surface area (Å²) in [6, 6.07) is 20.1. The number of benzene rings is 2. The standard InChI is InChI=1S/C20H18FNO2/c1-24-20(23)19-12-11-18(13-15-5-3-2-4-6-15)22(19)14-16-7-9-17(21)10-8-16/h2-12H,13-14H2,1H3. The van der Waals surface area contributed by atoms with Gasteiger partial charge in [0.15, 0.2) is 0 Å². The first-order valence-electron chi connectivity index (χ1n) is 7.72. The van der Waals surface area contributed by atoms with Crippen LogP contribution in [0.2, 0.25) is 0 Å². The Kier molecular flexibility index (Phi) is 4.75. The molecule has 0 amide bonds. The summed E-state index contributed by atoms with van der Waals surface area (Å²) in [4.78, 5) is 12.0. The average Bonchev–Trinajstić information content (AvgIpc) is 2.99. The summed E-state index contributed by atoms with van der Waals surface area (Å²) < 4.78 is 19.9. The van der Waals surface area contributed by atoms with Crippen LogP contribution in [0.4, 0.5) is 4.39 Å². The van der Waals surface area contributed by atoms with Crippen molar-refractivity contribution in [1.29, 1.82) is 0 Å². The van der Waals surface area contributed by atoms with Crippen LogP contribution >= 0.6 is 0 Å². The minimum atomic E-state index is -0.378. The lowest BCUT2D eigenvalue weighted by Crippen LogP contribution is -2.14. The van der Waals surface area contributed by atoms with E-state index in [2.05, 4.69) is 0 Å². The first-order chi connectivity index (χ1) is 11.7. The van der Waals surface area contributed by atoms with E-state index in [1.807, 2.05) is 41.0 Å². The highest BCUT2D eigenvalue weighted by molar-refractivity contribution is 5.87. The fourth-order valence-electron chi connectivity index (χ4n) is 2.71. The van der Waals surface area contributed by atoms with Crippen molar-refractivity contribution in [3.05, 3.63) is 95.1 Å². The van der Waals surface area contributed by atoms with E-state index in [0.29, 0.717) is 18.7 Å². The van der Waals surface area contributed by atoms with Gasteiger partial charge in [0.05, 0.1) is 7.11 Å². The zero-order chi connectivity index (χ0) is 16.9. The topological polar surface area (TPSA) is 31.2 Å². The minimum absolute atomic E-state index is 0.274. The maximum absolute atomic E-state index is 13.1. The molecule has 0 aliphatic carbocycles. The molecule has 3 rings (SSSR count). The summed E-state index contributed by atoms with van der Waals surface area (Å²) >= 11 is 0. The van der Waals surface area contributed by atoms with Gasteiger partial charge >= 0.3 is 5.97 Å². The highest BCUT2D eigenvalue weighted by atomic mass is 19.1. The molecule has 0 spiro atoms. The lowest BCUT2D eigenvalue weighted by atomic mass is 10.1. The molecule has 1 heterocycles. The van der Waals surface area contributed by atoms with E-state index < -0.39 is 0 Å². The summed E-state index contributed by atoms with van der Waals surface area (Å²) in [5.74, 6) is -0.652. The Morgan fingerprint density at radius 3 is 2.33 bits per heavy atom. The van der Waals surface area contributed by atoms with Gasteiger partial charge in [0, 0.05) is 18.7 Å². The molecule has 3 nitrogen and oxygen atoms in total. The molecule has 0 unspecified atom stereocenters. The summed E-state index contributed by atoms with van der Waals surface area (Å²) in [5, 5.41) is 0. The van der Waals surface area contributed by atoms with Gasteiger partial charge in [-0.2, -0.15) is 0 Å². The van der Waals surface area contributed by atoms with Gasteiger partial charge in [-0.15, -0.1) is 0 Å². The second kappa shape index (κ2) is 7.13. The minimum Gasteiger partial charge on any atom is -0.464 e. The number of methoxy groups -OCH3 is 1. The number of ether oxygens (including phenoxy) is 1. The Hall–Kier alpha value is -2.88. The smallest absolute Gasteiger partial charge is 0.354 e. The monoisotopic (exact) mass is 323 g/mol. The molecule has 2 aromatic carbocycles. The van der Waals surface area contributed by atoms with Crippen LogP contribution in [0.3, 0.4) is 0 Å². The zero-order valence-electron chi connectivity index (χ0n) is 13.4. The molecule has 0 fully saturated rings. The molecular weight excluding hydrogens is 305 g/mol. The van der Waals surface area contributed by atoms with Gasteiger partial charge in [-0.3, -0.25) is 0 Å². The highest BCUT2D eigenvalue weighted by Crippen LogP contribution is 2.18. The predicted octanol–water partition coefficient (Wildman–Crippen LogP) is 4.05. The molecule has 0 N–H and O–H groups in total. The summed E-state index contributed by atoms with van der Waals surface area (Å²) in [6.07, 6.45) is 0.707. The third-order valence-electron chi connectivity index (χ3n) is 3.95. The lowest BCUT2D eigenvalue weighted by Gasteiger charge is -2.13. The van der Waals surface area contributed by atoms with Crippen LogP contribution in [0.5, 0.6) is 0 Å². The molecule has 0 saturated heterocycles. The molecule has 1 aromatic heterocycles. The van der Waals surface area contributed by atoms with Crippen molar-refractivity contribution in [2.45, 2.75) is 13.0 Å². The molecule has 0 aliphatic rings.